The lowest BCUT2D eigenvalue weighted by Gasteiger charge is -2.25. The maximum Gasteiger partial charge on any atom is 0.270 e. The van der Waals surface area contributed by atoms with Gasteiger partial charge < -0.3 is 5.32 Å². The fourth-order valence-electron chi connectivity index (χ4n) is 2.00. The molecular weight excluding hydrogens is 357 g/mol. The van der Waals surface area contributed by atoms with Crippen molar-refractivity contribution < 1.29 is 4.92 Å². The second-order valence-electron chi connectivity index (χ2n) is 5.05. The van der Waals surface area contributed by atoms with E-state index >= 15 is 0 Å². The lowest BCUT2D eigenvalue weighted by molar-refractivity contribution is -0.384. The van der Waals surface area contributed by atoms with Crippen LogP contribution in [0.5, 0.6) is 0 Å². The van der Waals surface area contributed by atoms with Gasteiger partial charge in [-0.15, -0.1) is 0 Å². The van der Waals surface area contributed by atoms with Crippen LogP contribution in [0.3, 0.4) is 0 Å². The van der Waals surface area contributed by atoms with E-state index in [0.29, 0.717) is 6.04 Å². The summed E-state index contributed by atoms with van der Waals surface area (Å²) in [5.74, 6) is 0. The van der Waals surface area contributed by atoms with Crippen LogP contribution in [0.25, 0.3) is 0 Å². The van der Waals surface area contributed by atoms with Gasteiger partial charge in [-0.25, -0.2) is 0 Å². The standard InChI is InChI=1S/C13H18IN3O2/c1-9(16(2)10-3-4-10)8-15-13-6-5-11(17(18)19)7-12(13)14/h5-7,9-10,15H,3-4,8H2,1-2H3. The fourth-order valence-corrected chi connectivity index (χ4v) is 2.69. The van der Waals surface area contributed by atoms with Crippen LogP contribution in [0.2, 0.25) is 0 Å². The highest BCUT2D eigenvalue weighted by Gasteiger charge is 2.28. The number of hydrogen-bond acceptors (Lipinski definition) is 4. The first-order valence-corrected chi connectivity index (χ1v) is 7.46. The second kappa shape index (κ2) is 6.04. The molecule has 0 heterocycles. The van der Waals surface area contributed by atoms with Crippen molar-refractivity contribution in [2.24, 2.45) is 0 Å². The van der Waals surface area contributed by atoms with Crippen molar-refractivity contribution >= 4 is 34.0 Å². The number of nitro groups is 1. The molecule has 6 heteroatoms. The van der Waals surface area contributed by atoms with E-state index in [2.05, 4.69) is 46.8 Å². The Bertz CT molecular complexity index is 477. The van der Waals surface area contributed by atoms with Crippen LogP contribution in [-0.4, -0.2) is 35.5 Å². The Balaban J connectivity index is 1.93. The van der Waals surface area contributed by atoms with Gasteiger partial charge in [-0.3, -0.25) is 15.0 Å². The summed E-state index contributed by atoms with van der Waals surface area (Å²) in [6.45, 7) is 3.05. The molecular formula is C13H18IN3O2. The third-order valence-corrected chi connectivity index (χ3v) is 4.46. The van der Waals surface area contributed by atoms with Gasteiger partial charge in [-0.2, -0.15) is 0 Å². The van der Waals surface area contributed by atoms with E-state index in [1.165, 1.54) is 12.8 Å². The van der Waals surface area contributed by atoms with Crippen molar-refractivity contribution in [2.75, 3.05) is 18.9 Å². The minimum Gasteiger partial charge on any atom is -0.383 e. The average Bonchev–Trinajstić information content (AvgIpc) is 3.20. The van der Waals surface area contributed by atoms with Crippen molar-refractivity contribution in [3.63, 3.8) is 0 Å². The van der Waals surface area contributed by atoms with Gasteiger partial charge in [0.2, 0.25) is 0 Å². The number of anilines is 1. The summed E-state index contributed by atoms with van der Waals surface area (Å²) in [5, 5.41) is 14.0. The minimum absolute atomic E-state index is 0.137. The summed E-state index contributed by atoms with van der Waals surface area (Å²) >= 11 is 2.13. The first-order valence-electron chi connectivity index (χ1n) is 6.39. The minimum atomic E-state index is -0.366. The van der Waals surface area contributed by atoms with E-state index in [9.17, 15) is 10.1 Å². The fraction of sp³-hybridized carbons (Fsp3) is 0.538. The quantitative estimate of drug-likeness (QED) is 0.472. The lowest BCUT2D eigenvalue weighted by atomic mass is 10.2. The van der Waals surface area contributed by atoms with E-state index < -0.39 is 0 Å². The van der Waals surface area contributed by atoms with E-state index in [1.54, 1.807) is 18.2 Å². The molecule has 0 aliphatic heterocycles. The SMILES string of the molecule is CC(CNc1ccc([N+](=O)[O-])cc1I)N(C)C1CC1. The van der Waals surface area contributed by atoms with E-state index in [4.69, 9.17) is 0 Å². The zero-order valence-corrected chi connectivity index (χ0v) is 13.3. The molecule has 1 unspecified atom stereocenters. The number of benzene rings is 1. The molecule has 0 bridgehead atoms. The Hall–Kier alpha value is -0.890. The number of nitro benzene ring substituents is 1. The average molecular weight is 375 g/mol. The van der Waals surface area contributed by atoms with Crippen molar-refractivity contribution in [3.05, 3.63) is 31.9 Å². The normalized spacial score (nSPS) is 16.4. The molecule has 5 nitrogen and oxygen atoms in total. The molecule has 1 aromatic rings. The smallest absolute Gasteiger partial charge is 0.270 e. The highest BCUT2D eigenvalue weighted by molar-refractivity contribution is 14.1. The molecule has 1 N–H and O–H groups in total. The van der Waals surface area contributed by atoms with Gasteiger partial charge in [0, 0.05) is 40.0 Å². The Morgan fingerprint density at radius 3 is 2.79 bits per heavy atom. The van der Waals surface area contributed by atoms with E-state index in [0.717, 1.165) is 21.8 Å². The highest BCUT2D eigenvalue weighted by Crippen LogP contribution is 2.27. The topological polar surface area (TPSA) is 58.4 Å². The maximum absolute atomic E-state index is 10.7. The molecule has 1 aromatic carbocycles. The summed E-state index contributed by atoms with van der Waals surface area (Å²) in [5.41, 5.74) is 1.10. The summed E-state index contributed by atoms with van der Waals surface area (Å²) in [6.07, 6.45) is 2.60. The van der Waals surface area contributed by atoms with E-state index in [-0.39, 0.29) is 10.6 Å². The van der Waals surface area contributed by atoms with Crippen LogP contribution < -0.4 is 5.32 Å². The molecule has 0 amide bonds. The number of rotatable bonds is 6. The second-order valence-corrected chi connectivity index (χ2v) is 6.21. The van der Waals surface area contributed by atoms with Gasteiger partial charge in [0.25, 0.3) is 5.69 Å². The Morgan fingerprint density at radius 2 is 2.26 bits per heavy atom. The molecule has 2 rings (SSSR count). The number of non-ortho nitro benzene ring substituents is 1. The van der Waals surface area contributed by atoms with Gasteiger partial charge in [0.15, 0.2) is 0 Å². The molecule has 1 fully saturated rings. The molecule has 0 saturated heterocycles. The molecule has 1 saturated carbocycles. The maximum atomic E-state index is 10.7. The zero-order chi connectivity index (χ0) is 14.0. The van der Waals surface area contributed by atoms with Crippen molar-refractivity contribution in [1.82, 2.24) is 4.90 Å². The van der Waals surface area contributed by atoms with E-state index in [1.807, 2.05) is 0 Å². The molecule has 19 heavy (non-hydrogen) atoms. The molecule has 1 atom stereocenters. The van der Waals surface area contributed by atoms with Gasteiger partial charge in [-0.05, 0) is 55.5 Å². The number of likely N-dealkylation sites (N-methyl/N-ethyl adjacent to an activating group) is 1. The molecule has 1 aliphatic rings. The van der Waals surface area contributed by atoms with Gasteiger partial charge in [-0.1, -0.05) is 0 Å². The number of halogens is 1. The van der Waals surface area contributed by atoms with Gasteiger partial charge >= 0.3 is 0 Å². The zero-order valence-electron chi connectivity index (χ0n) is 11.1. The van der Waals surface area contributed by atoms with Crippen LogP contribution in [0.4, 0.5) is 11.4 Å². The summed E-state index contributed by atoms with van der Waals surface area (Å²) in [6, 6.07) is 6.12. The van der Waals surface area contributed by atoms with Crippen molar-refractivity contribution in [1.29, 1.82) is 0 Å². The Labute approximate surface area is 126 Å². The third kappa shape index (κ3) is 3.79. The first-order chi connectivity index (χ1) is 8.99. The highest BCUT2D eigenvalue weighted by atomic mass is 127. The summed E-state index contributed by atoms with van der Waals surface area (Å²) in [7, 11) is 2.16. The van der Waals surface area contributed by atoms with Crippen LogP contribution in [-0.2, 0) is 0 Å². The lowest BCUT2D eigenvalue weighted by Crippen LogP contribution is -2.36. The predicted molar refractivity (Wildman–Crippen MR) is 84.6 cm³/mol. The first kappa shape index (κ1) is 14.5. The Kier molecular flexibility index (Phi) is 4.62. The number of hydrogen-bond donors (Lipinski definition) is 1. The molecule has 0 radical (unpaired) electrons. The van der Waals surface area contributed by atoms with Crippen LogP contribution in [0, 0.1) is 13.7 Å². The monoisotopic (exact) mass is 375 g/mol. The van der Waals surface area contributed by atoms with Crippen LogP contribution >= 0.6 is 22.6 Å². The molecule has 0 aromatic heterocycles. The summed E-state index contributed by atoms with van der Waals surface area (Å²) < 4.78 is 0.882. The Morgan fingerprint density at radius 1 is 1.58 bits per heavy atom. The van der Waals surface area contributed by atoms with Crippen molar-refractivity contribution in [3.8, 4) is 0 Å². The van der Waals surface area contributed by atoms with Gasteiger partial charge in [0.05, 0.1) is 4.92 Å². The van der Waals surface area contributed by atoms with Crippen LogP contribution in [0.15, 0.2) is 18.2 Å². The number of nitrogens with zero attached hydrogens (tertiary/aromatic N) is 2. The van der Waals surface area contributed by atoms with Crippen molar-refractivity contribution in [2.45, 2.75) is 31.8 Å². The number of nitrogens with one attached hydrogen (secondary N) is 1. The molecule has 104 valence electrons. The van der Waals surface area contributed by atoms with Gasteiger partial charge in [0.1, 0.15) is 0 Å². The predicted octanol–water partition coefficient (Wildman–Crippen LogP) is 3.09. The summed E-state index contributed by atoms with van der Waals surface area (Å²) in [4.78, 5) is 12.7. The largest absolute Gasteiger partial charge is 0.383 e. The third-order valence-electron chi connectivity index (χ3n) is 3.57. The molecule has 0 spiro atoms. The van der Waals surface area contributed by atoms with Crippen LogP contribution in [0.1, 0.15) is 19.8 Å². The molecule has 1 aliphatic carbocycles.